The highest BCUT2D eigenvalue weighted by Gasteiger charge is 2.28. The number of hydrogen-bond acceptors (Lipinski definition) is 4. The van der Waals surface area contributed by atoms with Crippen molar-refractivity contribution in [1.82, 2.24) is 24.9 Å². The Bertz CT molecular complexity index is 883. The number of nitrogens with one attached hydrogen (secondary N) is 1. The second-order valence-electron chi connectivity index (χ2n) is 8.44. The maximum Gasteiger partial charge on any atom is 0.267 e. The molecule has 1 atom stereocenters. The van der Waals surface area contributed by atoms with Crippen LogP contribution in [-0.2, 0) is 38.8 Å². The Morgan fingerprint density at radius 2 is 1.93 bits per heavy atom. The summed E-state index contributed by atoms with van der Waals surface area (Å²) >= 11 is 0. The molecule has 3 aliphatic rings. The summed E-state index contributed by atoms with van der Waals surface area (Å²) in [5.74, 6) is 0. The predicted octanol–water partition coefficient (Wildman–Crippen LogP) is 2.39. The first-order valence-corrected chi connectivity index (χ1v) is 10.7. The van der Waals surface area contributed by atoms with Crippen LogP contribution in [0.15, 0.2) is 10.9 Å². The number of rotatable bonds is 4. The minimum Gasteiger partial charge on any atom is -0.293 e. The molecule has 27 heavy (non-hydrogen) atoms. The van der Waals surface area contributed by atoms with Crippen LogP contribution >= 0.6 is 0 Å². The zero-order valence-electron chi connectivity index (χ0n) is 16.0. The van der Waals surface area contributed by atoms with Gasteiger partial charge in [-0.05, 0) is 81.9 Å². The van der Waals surface area contributed by atoms with Gasteiger partial charge in [0.15, 0.2) is 0 Å². The minimum atomic E-state index is 0.0691. The van der Waals surface area contributed by atoms with Crippen molar-refractivity contribution in [2.75, 3.05) is 6.54 Å². The number of aromatic nitrogens is 4. The lowest BCUT2D eigenvalue weighted by molar-refractivity contribution is 0.213. The lowest BCUT2D eigenvalue weighted by atomic mass is 9.96. The molecular formula is C21H29N5O. The zero-order valence-corrected chi connectivity index (χ0v) is 16.0. The van der Waals surface area contributed by atoms with Crippen molar-refractivity contribution >= 4 is 0 Å². The van der Waals surface area contributed by atoms with Crippen LogP contribution in [-0.4, -0.2) is 37.5 Å². The summed E-state index contributed by atoms with van der Waals surface area (Å²) in [7, 11) is 0. The summed E-state index contributed by atoms with van der Waals surface area (Å²) in [6, 6.07) is 2.22. The van der Waals surface area contributed by atoms with E-state index < -0.39 is 0 Å². The fraction of sp³-hybridized carbons (Fsp3) is 0.667. The van der Waals surface area contributed by atoms with E-state index in [0.717, 1.165) is 50.9 Å². The number of nitrogens with zero attached hydrogens (tertiary/aromatic N) is 4. The molecule has 0 amide bonds. The summed E-state index contributed by atoms with van der Waals surface area (Å²) < 4.78 is 1.73. The van der Waals surface area contributed by atoms with E-state index in [1.807, 2.05) is 6.07 Å². The molecule has 0 saturated carbocycles. The molecule has 2 aliphatic carbocycles. The van der Waals surface area contributed by atoms with Gasteiger partial charge in [0.05, 0.1) is 17.9 Å². The molecule has 0 bridgehead atoms. The number of hydrogen-bond donors (Lipinski definition) is 1. The summed E-state index contributed by atoms with van der Waals surface area (Å²) in [5, 5.41) is 12.6. The number of fused-ring (bicyclic) bond motifs is 2. The highest BCUT2D eigenvalue weighted by atomic mass is 16.1. The van der Waals surface area contributed by atoms with E-state index in [1.54, 1.807) is 4.68 Å². The quantitative estimate of drug-likeness (QED) is 0.901. The Balaban J connectivity index is 1.33. The van der Waals surface area contributed by atoms with Gasteiger partial charge in [0.25, 0.3) is 5.56 Å². The number of likely N-dealkylation sites (tertiary alicyclic amines) is 1. The monoisotopic (exact) mass is 367 g/mol. The van der Waals surface area contributed by atoms with Gasteiger partial charge in [0, 0.05) is 24.3 Å². The second-order valence-corrected chi connectivity index (χ2v) is 8.44. The van der Waals surface area contributed by atoms with Crippen molar-refractivity contribution in [2.24, 2.45) is 0 Å². The third-order valence-corrected chi connectivity index (χ3v) is 6.65. The molecule has 5 rings (SSSR count). The van der Waals surface area contributed by atoms with Crippen LogP contribution in [0.25, 0.3) is 0 Å². The minimum absolute atomic E-state index is 0.0691. The molecule has 2 aromatic heterocycles. The van der Waals surface area contributed by atoms with Crippen molar-refractivity contribution in [3.05, 3.63) is 44.6 Å². The number of aromatic amines is 1. The van der Waals surface area contributed by atoms with E-state index in [0.29, 0.717) is 12.6 Å². The highest BCUT2D eigenvalue weighted by molar-refractivity contribution is 5.27. The van der Waals surface area contributed by atoms with Crippen molar-refractivity contribution in [1.29, 1.82) is 0 Å². The van der Waals surface area contributed by atoms with Crippen molar-refractivity contribution in [3.63, 3.8) is 0 Å². The van der Waals surface area contributed by atoms with E-state index in [1.165, 1.54) is 54.6 Å². The maximum atomic E-state index is 12.6. The molecule has 1 N–H and O–H groups in total. The molecule has 1 saturated heterocycles. The Hall–Kier alpha value is -1.95. The van der Waals surface area contributed by atoms with Gasteiger partial charge in [-0.2, -0.15) is 10.2 Å². The van der Waals surface area contributed by atoms with E-state index >= 15 is 0 Å². The van der Waals surface area contributed by atoms with Crippen LogP contribution in [0.2, 0.25) is 0 Å². The van der Waals surface area contributed by atoms with Gasteiger partial charge in [0.2, 0.25) is 0 Å². The first kappa shape index (κ1) is 17.2. The van der Waals surface area contributed by atoms with Gasteiger partial charge in [0.1, 0.15) is 0 Å². The van der Waals surface area contributed by atoms with Gasteiger partial charge in [-0.25, -0.2) is 4.68 Å². The number of H-pyrrole nitrogens is 1. The molecule has 3 heterocycles. The van der Waals surface area contributed by atoms with E-state index in [9.17, 15) is 4.79 Å². The van der Waals surface area contributed by atoms with Crippen LogP contribution in [0.3, 0.4) is 0 Å². The van der Waals surface area contributed by atoms with Crippen LogP contribution < -0.4 is 5.56 Å². The van der Waals surface area contributed by atoms with Gasteiger partial charge in [-0.1, -0.05) is 0 Å². The molecular weight excluding hydrogens is 338 g/mol. The fourth-order valence-electron chi connectivity index (χ4n) is 5.11. The summed E-state index contributed by atoms with van der Waals surface area (Å²) in [4.78, 5) is 15.1. The molecule has 0 radical (unpaired) electrons. The molecule has 144 valence electrons. The smallest absolute Gasteiger partial charge is 0.267 e. The van der Waals surface area contributed by atoms with Crippen LogP contribution in [0.4, 0.5) is 0 Å². The SMILES string of the molecule is O=c1cc2c(nn1CC1CCCN1Cc1n[nH]c3c1CCCC3)CCCC2. The van der Waals surface area contributed by atoms with Gasteiger partial charge in [-0.15, -0.1) is 0 Å². The molecule has 0 aromatic carbocycles. The normalized spacial score (nSPS) is 22.6. The maximum absolute atomic E-state index is 12.6. The summed E-state index contributed by atoms with van der Waals surface area (Å²) in [6.45, 7) is 2.70. The van der Waals surface area contributed by atoms with Crippen molar-refractivity contribution < 1.29 is 0 Å². The average molecular weight is 367 g/mol. The van der Waals surface area contributed by atoms with Gasteiger partial charge < -0.3 is 0 Å². The largest absolute Gasteiger partial charge is 0.293 e. The standard InChI is InChI=1S/C21H29N5O/c27-21-12-15-6-1-3-9-18(15)24-26(21)13-16-7-5-11-25(16)14-20-17-8-2-4-10-19(17)22-23-20/h12,16H,1-11,13-14H2,(H,22,23). The zero-order chi connectivity index (χ0) is 18.2. The van der Waals surface area contributed by atoms with Crippen molar-refractivity contribution in [3.8, 4) is 0 Å². The topological polar surface area (TPSA) is 66.8 Å². The van der Waals surface area contributed by atoms with E-state index in [2.05, 4.69) is 15.1 Å². The Morgan fingerprint density at radius 3 is 2.89 bits per heavy atom. The highest BCUT2D eigenvalue weighted by Crippen LogP contribution is 2.26. The van der Waals surface area contributed by atoms with Crippen LogP contribution in [0.1, 0.15) is 66.7 Å². The fourth-order valence-corrected chi connectivity index (χ4v) is 5.11. The van der Waals surface area contributed by atoms with Gasteiger partial charge >= 0.3 is 0 Å². The third kappa shape index (κ3) is 3.35. The Labute approximate surface area is 160 Å². The van der Waals surface area contributed by atoms with Crippen molar-refractivity contribution in [2.45, 2.75) is 83.3 Å². The van der Waals surface area contributed by atoms with Crippen LogP contribution in [0.5, 0.6) is 0 Å². The first-order chi connectivity index (χ1) is 13.3. The first-order valence-electron chi connectivity index (χ1n) is 10.7. The molecule has 6 nitrogen and oxygen atoms in total. The Kier molecular flexibility index (Phi) is 4.60. The molecule has 6 heteroatoms. The van der Waals surface area contributed by atoms with Gasteiger partial charge in [-0.3, -0.25) is 14.8 Å². The molecule has 1 fully saturated rings. The van der Waals surface area contributed by atoms with E-state index in [4.69, 9.17) is 5.10 Å². The summed E-state index contributed by atoms with van der Waals surface area (Å²) in [5.41, 5.74) is 6.42. The lowest BCUT2D eigenvalue weighted by Crippen LogP contribution is -2.37. The number of aryl methyl sites for hydroxylation is 3. The lowest BCUT2D eigenvalue weighted by Gasteiger charge is -2.25. The molecule has 2 aromatic rings. The second kappa shape index (κ2) is 7.23. The molecule has 0 spiro atoms. The summed E-state index contributed by atoms with van der Waals surface area (Å²) in [6.07, 6.45) is 11.6. The van der Waals surface area contributed by atoms with E-state index in [-0.39, 0.29) is 5.56 Å². The average Bonchev–Trinajstić information content (AvgIpc) is 3.30. The predicted molar refractivity (Wildman–Crippen MR) is 104 cm³/mol. The Morgan fingerprint density at radius 1 is 1.07 bits per heavy atom. The molecule has 1 aliphatic heterocycles. The molecule has 1 unspecified atom stereocenters. The third-order valence-electron chi connectivity index (χ3n) is 6.65. The van der Waals surface area contributed by atoms with Crippen LogP contribution in [0, 0.1) is 0 Å².